The summed E-state index contributed by atoms with van der Waals surface area (Å²) in [6, 6.07) is 15.6. The zero-order valence-electron chi connectivity index (χ0n) is 16.4. The van der Waals surface area contributed by atoms with Crippen molar-refractivity contribution in [3.63, 3.8) is 0 Å². The summed E-state index contributed by atoms with van der Waals surface area (Å²) >= 11 is 1.73. The van der Waals surface area contributed by atoms with E-state index < -0.39 is 0 Å². The number of carbonyl (C=O) groups is 1. The highest BCUT2D eigenvalue weighted by Gasteiger charge is 2.22. The summed E-state index contributed by atoms with van der Waals surface area (Å²) in [7, 11) is 0. The molecule has 0 atom stereocenters. The second kappa shape index (κ2) is 7.97. The average Bonchev–Trinajstić information content (AvgIpc) is 3.18. The molecule has 3 heterocycles. The molecule has 0 spiro atoms. The van der Waals surface area contributed by atoms with E-state index in [9.17, 15) is 9.59 Å². The lowest BCUT2D eigenvalue weighted by Crippen LogP contribution is -2.49. The normalized spacial score (nSPS) is 15.1. The number of aromatic nitrogens is 3. The molecular weight excluding hydrogens is 398 g/mol. The molecule has 5 rings (SSSR count). The molecule has 30 heavy (non-hydrogen) atoms. The van der Waals surface area contributed by atoms with Gasteiger partial charge in [0.2, 0.25) is 5.91 Å². The van der Waals surface area contributed by atoms with Crippen molar-refractivity contribution in [2.45, 2.75) is 13.1 Å². The van der Waals surface area contributed by atoms with Crippen LogP contribution < -0.4 is 5.56 Å². The van der Waals surface area contributed by atoms with Gasteiger partial charge < -0.3 is 4.90 Å². The fourth-order valence-electron chi connectivity index (χ4n) is 3.85. The van der Waals surface area contributed by atoms with Gasteiger partial charge >= 0.3 is 0 Å². The van der Waals surface area contributed by atoms with E-state index in [0.717, 1.165) is 30.2 Å². The van der Waals surface area contributed by atoms with Crippen LogP contribution in [0, 0.1) is 0 Å². The van der Waals surface area contributed by atoms with Crippen LogP contribution in [0.25, 0.3) is 21.3 Å². The molecule has 1 saturated heterocycles. The largest absolute Gasteiger partial charge is 0.339 e. The number of hydrogen-bond acceptors (Lipinski definition) is 6. The molecule has 0 aliphatic carbocycles. The average molecular weight is 420 g/mol. The standard InChI is InChI=1S/C22H21N5O2S/c28-21-13-23-16-5-1-3-7-18(16)27(21)15-22(29)26-11-9-25(10-12-26)14-20-24-17-6-2-4-8-19(17)30-20/h1-8,13H,9-12,14-15H2. The highest BCUT2D eigenvalue weighted by Crippen LogP contribution is 2.23. The van der Waals surface area contributed by atoms with E-state index in [1.807, 2.05) is 47.4 Å². The fraction of sp³-hybridized carbons (Fsp3) is 0.273. The van der Waals surface area contributed by atoms with Gasteiger partial charge in [-0.1, -0.05) is 24.3 Å². The monoisotopic (exact) mass is 419 g/mol. The first-order valence-corrected chi connectivity index (χ1v) is 10.8. The van der Waals surface area contributed by atoms with Gasteiger partial charge in [-0.15, -0.1) is 11.3 Å². The van der Waals surface area contributed by atoms with Crippen molar-refractivity contribution < 1.29 is 4.79 Å². The molecule has 0 saturated carbocycles. The third-order valence-corrected chi connectivity index (χ3v) is 6.49. The van der Waals surface area contributed by atoms with E-state index in [0.29, 0.717) is 24.1 Å². The van der Waals surface area contributed by atoms with Gasteiger partial charge in [-0.25, -0.2) is 9.97 Å². The van der Waals surface area contributed by atoms with Gasteiger partial charge in [0.25, 0.3) is 5.56 Å². The minimum Gasteiger partial charge on any atom is -0.339 e. The molecule has 4 aromatic rings. The number of thiazole rings is 1. The lowest BCUT2D eigenvalue weighted by molar-refractivity contribution is -0.133. The van der Waals surface area contributed by atoms with Crippen LogP contribution in [0.3, 0.4) is 0 Å². The Labute approximate surface area is 177 Å². The van der Waals surface area contributed by atoms with Crippen LogP contribution in [0.15, 0.2) is 59.5 Å². The Morgan fingerprint density at radius 1 is 0.967 bits per heavy atom. The van der Waals surface area contributed by atoms with Crippen molar-refractivity contribution in [3.8, 4) is 0 Å². The molecule has 2 aromatic heterocycles. The summed E-state index contributed by atoms with van der Waals surface area (Å²) in [6.45, 7) is 3.75. The molecular formula is C22H21N5O2S. The van der Waals surface area contributed by atoms with Gasteiger partial charge in [-0.05, 0) is 24.3 Å². The Hall–Kier alpha value is -3.10. The number of nitrogens with zero attached hydrogens (tertiary/aromatic N) is 5. The number of amides is 1. The van der Waals surface area contributed by atoms with Crippen LogP contribution in [0.2, 0.25) is 0 Å². The van der Waals surface area contributed by atoms with Crippen molar-refractivity contribution in [1.29, 1.82) is 0 Å². The molecule has 1 aliphatic rings. The molecule has 1 fully saturated rings. The first-order chi connectivity index (χ1) is 14.7. The molecule has 1 aliphatic heterocycles. The SMILES string of the molecule is O=C(Cn1c(=O)cnc2ccccc21)N1CCN(Cc2nc3ccccc3s2)CC1. The van der Waals surface area contributed by atoms with Gasteiger partial charge in [0.15, 0.2) is 0 Å². The van der Waals surface area contributed by atoms with E-state index in [1.165, 1.54) is 15.5 Å². The van der Waals surface area contributed by atoms with E-state index in [1.54, 1.807) is 11.3 Å². The van der Waals surface area contributed by atoms with Crippen molar-refractivity contribution in [2.75, 3.05) is 26.2 Å². The van der Waals surface area contributed by atoms with Crippen molar-refractivity contribution in [2.24, 2.45) is 0 Å². The van der Waals surface area contributed by atoms with Crippen LogP contribution in [-0.4, -0.2) is 56.4 Å². The molecule has 8 heteroatoms. The summed E-state index contributed by atoms with van der Waals surface area (Å²) < 4.78 is 2.72. The predicted molar refractivity (Wildman–Crippen MR) is 117 cm³/mol. The number of benzene rings is 2. The van der Waals surface area contributed by atoms with E-state index >= 15 is 0 Å². The third kappa shape index (κ3) is 3.71. The first-order valence-electron chi connectivity index (χ1n) is 9.96. The topological polar surface area (TPSA) is 71.3 Å². The number of piperazine rings is 1. The Morgan fingerprint density at radius 3 is 2.50 bits per heavy atom. The van der Waals surface area contributed by atoms with Crippen molar-refractivity contribution in [3.05, 3.63) is 70.1 Å². The van der Waals surface area contributed by atoms with Crippen molar-refractivity contribution >= 4 is 38.5 Å². The Balaban J connectivity index is 1.23. The van der Waals surface area contributed by atoms with E-state index in [2.05, 4.69) is 16.0 Å². The number of carbonyl (C=O) groups excluding carboxylic acids is 1. The maximum absolute atomic E-state index is 12.9. The quantitative estimate of drug-likeness (QED) is 0.508. The Morgan fingerprint density at radius 2 is 1.70 bits per heavy atom. The molecule has 152 valence electrons. The molecule has 0 unspecified atom stereocenters. The highest BCUT2D eigenvalue weighted by atomic mass is 32.1. The third-order valence-electron chi connectivity index (χ3n) is 5.47. The number of hydrogen-bond donors (Lipinski definition) is 0. The first kappa shape index (κ1) is 18.9. The van der Waals surface area contributed by atoms with Crippen LogP contribution in [0.5, 0.6) is 0 Å². The van der Waals surface area contributed by atoms with Crippen LogP contribution in [-0.2, 0) is 17.9 Å². The minimum atomic E-state index is -0.253. The Kier molecular flexibility index (Phi) is 5.02. The molecule has 1 amide bonds. The lowest BCUT2D eigenvalue weighted by atomic mass is 10.2. The number of rotatable bonds is 4. The molecule has 0 bridgehead atoms. The lowest BCUT2D eigenvalue weighted by Gasteiger charge is -2.34. The molecule has 7 nitrogen and oxygen atoms in total. The highest BCUT2D eigenvalue weighted by molar-refractivity contribution is 7.18. The summed E-state index contributed by atoms with van der Waals surface area (Å²) in [6.07, 6.45) is 1.28. The van der Waals surface area contributed by atoms with Gasteiger partial charge in [-0.2, -0.15) is 0 Å². The van der Waals surface area contributed by atoms with Gasteiger partial charge in [0.05, 0.1) is 34.0 Å². The Bertz CT molecular complexity index is 1240. The smallest absolute Gasteiger partial charge is 0.269 e. The minimum absolute atomic E-state index is 0.0342. The van der Waals surface area contributed by atoms with Crippen LogP contribution >= 0.6 is 11.3 Å². The van der Waals surface area contributed by atoms with Gasteiger partial charge in [0.1, 0.15) is 11.6 Å². The van der Waals surface area contributed by atoms with Crippen LogP contribution in [0.1, 0.15) is 5.01 Å². The zero-order chi connectivity index (χ0) is 20.5. The molecule has 2 aromatic carbocycles. The van der Waals surface area contributed by atoms with Crippen LogP contribution in [0.4, 0.5) is 0 Å². The molecule has 0 radical (unpaired) electrons. The maximum Gasteiger partial charge on any atom is 0.269 e. The summed E-state index contributed by atoms with van der Waals surface area (Å²) in [5.74, 6) is -0.0342. The maximum atomic E-state index is 12.9. The van der Waals surface area contributed by atoms with Gasteiger partial charge in [-0.3, -0.25) is 19.1 Å². The summed E-state index contributed by atoms with van der Waals surface area (Å²) in [4.78, 5) is 38.2. The van der Waals surface area contributed by atoms with Gasteiger partial charge in [0, 0.05) is 26.2 Å². The fourth-order valence-corrected chi connectivity index (χ4v) is 4.86. The summed E-state index contributed by atoms with van der Waals surface area (Å²) in [5, 5.41) is 1.10. The van der Waals surface area contributed by atoms with E-state index in [4.69, 9.17) is 4.98 Å². The number of para-hydroxylation sites is 3. The molecule has 0 N–H and O–H groups in total. The zero-order valence-corrected chi connectivity index (χ0v) is 17.2. The van der Waals surface area contributed by atoms with Crippen molar-refractivity contribution in [1.82, 2.24) is 24.3 Å². The second-order valence-electron chi connectivity index (χ2n) is 7.40. The summed E-state index contributed by atoms with van der Waals surface area (Å²) in [5.41, 5.74) is 2.19. The van der Waals surface area contributed by atoms with E-state index in [-0.39, 0.29) is 18.0 Å². The number of fused-ring (bicyclic) bond motifs is 2. The predicted octanol–water partition coefficient (Wildman–Crippen LogP) is 2.35. The second-order valence-corrected chi connectivity index (χ2v) is 8.52.